The number of rotatable bonds is 3. The number of aryl methyl sites for hydroxylation is 2. The number of fused-ring (bicyclic) bond motifs is 1. The van der Waals surface area contributed by atoms with Gasteiger partial charge in [0.05, 0.1) is 5.52 Å². The van der Waals surface area contributed by atoms with Crippen molar-refractivity contribution < 1.29 is 13.2 Å². The number of nitrogens with one attached hydrogen (secondary N) is 1. The molecule has 0 amide bonds. The van der Waals surface area contributed by atoms with Crippen molar-refractivity contribution in [1.29, 1.82) is 0 Å². The van der Waals surface area contributed by atoms with Crippen molar-refractivity contribution in [2.45, 2.75) is 19.0 Å². The number of aromatic nitrogens is 3. The Balaban J connectivity index is 2.26. The molecule has 2 aromatic heterocycles. The molecule has 0 bridgehead atoms. The molecule has 0 aliphatic rings. The first kappa shape index (κ1) is 13.4. The lowest BCUT2D eigenvalue weighted by atomic mass is 10.3. The molecule has 0 aliphatic heterocycles. The monoisotopic (exact) mass is 293 g/mol. The topological polar surface area (TPSA) is 33.6 Å². The Bertz CT molecular complexity index is 615. The third-order valence-corrected chi connectivity index (χ3v) is 3.49. The van der Waals surface area contributed by atoms with Gasteiger partial charge in [-0.15, -0.1) is 0 Å². The standard InChI is InChI=1S/C10H10F3N3S2/c1-6-2-3-14-8-7(6)15-9(17)16(8)4-5-18-10(11,12)13/h2-3H,4-5H2,1H3,(H,15,17). The number of hydrogen-bond donors (Lipinski definition) is 1. The van der Waals surface area contributed by atoms with Crippen LogP contribution in [0.5, 0.6) is 0 Å². The van der Waals surface area contributed by atoms with Gasteiger partial charge in [0.15, 0.2) is 10.4 Å². The normalized spacial score (nSPS) is 12.2. The fraction of sp³-hybridized carbons (Fsp3) is 0.400. The zero-order valence-electron chi connectivity index (χ0n) is 9.41. The number of halogens is 3. The van der Waals surface area contributed by atoms with Gasteiger partial charge in [0.25, 0.3) is 0 Å². The smallest absolute Gasteiger partial charge is 0.329 e. The Morgan fingerprint density at radius 1 is 1.50 bits per heavy atom. The third kappa shape index (κ3) is 2.86. The summed E-state index contributed by atoms with van der Waals surface area (Å²) in [5.41, 5.74) is -1.87. The van der Waals surface area contributed by atoms with Crippen LogP contribution in [0.3, 0.4) is 0 Å². The zero-order valence-corrected chi connectivity index (χ0v) is 11.0. The molecule has 0 radical (unpaired) electrons. The zero-order chi connectivity index (χ0) is 13.3. The molecule has 2 aromatic rings. The molecule has 0 saturated carbocycles. The second-order valence-corrected chi connectivity index (χ2v) is 5.25. The Labute approximate surface area is 110 Å². The molecule has 0 atom stereocenters. The van der Waals surface area contributed by atoms with Crippen LogP contribution in [0.2, 0.25) is 0 Å². The van der Waals surface area contributed by atoms with Gasteiger partial charge in [-0.05, 0) is 42.5 Å². The van der Waals surface area contributed by atoms with Crippen molar-refractivity contribution in [3.63, 3.8) is 0 Å². The molecule has 0 unspecified atom stereocenters. The van der Waals surface area contributed by atoms with Crippen molar-refractivity contribution in [3.05, 3.63) is 22.6 Å². The van der Waals surface area contributed by atoms with Crippen LogP contribution in [0, 0.1) is 11.7 Å². The van der Waals surface area contributed by atoms with Crippen molar-refractivity contribution in [2.75, 3.05) is 5.75 Å². The summed E-state index contributed by atoms with van der Waals surface area (Å²) in [7, 11) is 0. The number of hydrogen-bond acceptors (Lipinski definition) is 3. The minimum Gasteiger partial charge on any atom is -0.329 e. The number of H-pyrrole nitrogens is 1. The predicted octanol–water partition coefficient (Wildman–Crippen LogP) is 3.66. The highest BCUT2D eigenvalue weighted by Crippen LogP contribution is 2.30. The minimum atomic E-state index is -4.21. The number of imidazole rings is 1. The second kappa shape index (κ2) is 4.93. The summed E-state index contributed by atoms with van der Waals surface area (Å²) in [5.74, 6) is -0.0830. The van der Waals surface area contributed by atoms with E-state index >= 15 is 0 Å². The van der Waals surface area contributed by atoms with Gasteiger partial charge in [-0.1, -0.05) is 0 Å². The highest BCUT2D eigenvalue weighted by Gasteiger charge is 2.27. The van der Waals surface area contributed by atoms with Gasteiger partial charge in [-0.2, -0.15) is 13.2 Å². The van der Waals surface area contributed by atoms with E-state index in [-0.39, 0.29) is 24.1 Å². The third-order valence-electron chi connectivity index (χ3n) is 2.45. The summed E-state index contributed by atoms with van der Waals surface area (Å²) in [6.07, 6.45) is 1.62. The Hall–Kier alpha value is -1.02. The molecular weight excluding hydrogens is 283 g/mol. The van der Waals surface area contributed by atoms with Gasteiger partial charge in [0, 0.05) is 18.5 Å². The maximum atomic E-state index is 12.1. The largest absolute Gasteiger partial charge is 0.441 e. The van der Waals surface area contributed by atoms with E-state index in [1.807, 2.05) is 13.0 Å². The molecule has 2 heterocycles. The first-order chi connectivity index (χ1) is 8.38. The summed E-state index contributed by atoms with van der Waals surface area (Å²) >= 11 is 5.04. The van der Waals surface area contributed by atoms with Gasteiger partial charge >= 0.3 is 5.51 Å². The Kier molecular flexibility index (Phi) is 3.67. The van der Waals surface area contributed by atoms with E-state index in [2.05, 4.69) is 9.97 Å². The van der Waals surface area contributed by atoms with Gasteiger partial charge in [-0.25, -0.2) is 4.98 Å². The Morgan fingerprint density at radius 2 is 2.22 bits per heavy atom. The number of nitrogens with zero attached hydrogens (tertiary/aromatic N) is 2. The summed E-state index contributed by atoms with van der Waals surface area (Å²) in [6, 6.07) is 1.82. The summed E-state index contributed by atoms with van der Waals surface area (Å²) in [6.45, 7) is 2.07. The van der Waals surface area contributed by atoms with Gasteiger partial charge in [0.2, 0.25) is 0 Å². The summed E-state index contributed by atoms with van der Waals surface area (Å²) in [5, 5.41) is 0. The van der Waals surface area contributed by atoms with Gasteiger partial charge < -0.3 is 9.55 Å². The van der Waals surface area contributed by atoms with Crippen molar-refractivity contribution in [3.8, 4) is 0 Å². The van der Waals surface area contributed by atoms with Crippen LogP contribution in [0.4, 0.5) is 13.2 Å². The molecule has 2 rings (SSSR count). The van der Waals surface area contributed by atoms with Crippen LogP contribution in [0.15, 0.2) is 12.3 Å². The fourth-order valence-electron chi connectivity index (χ4n) is 1.63. The van der Waals surface area contributed by atoms with Crippen LogP contribution < -0.4 is 0 Å². The van der Waals surface area contributed by atoms with E-state index in [1.54, 1.807) is 10.8 Å². The molecule has 0 aromatic carbocycles. The SMILES string of the molecule is Cc1ccnc2c1[nH]c(=S)n2CCSC(F)(F)F. The number of alkyl halides is 3. The van der Waals surface area contributed by atoms with E-state index in [4.69, 9.17) is 12.2 Å². The second-order valence-electron chi connectivity index (χ2n) is 3.70. The van der Waals surface area contributed by atoms with Crippen LogP contribution in [0.1, 0.15) is 5.56 Å². The van der Waals surface area contributed by atoms with E-state index in [0.717, 1.165) is 11.1 Å². The number of aromatic amines is 1. The number of thioether (sulfide) groups is 1. The lowest BCUT2D eigenvalue weighted by molar-refractivity contribution is -0.0328. The first-order valence-corrected chi connectivity index (χ1v) is 6.52. The average Bonchev–Trinajstić information content (AvgIpc) is 2.56. The molecular formula is C10H10F3N3S2. The van der Waals surface area contributed by atoms with E-state index in [1.165, 1.54) is 0 Å². The van der Waals surface area contributed by atoms with Crippen LogP contribution >= 0.6 is 24.0 Å². The maximum Gasteiger partial charge on any atom is 0.441 e. The molecule has 0 spiro atoms. The van der Waals surface area contributed by atoms with Gasteiger partial charge in [0.1, 0.15) is 0 Å². The molecule has 0 saturated heterocycles. The first-order valence-electron chi connectivity index (χ1n) is 5.13. The Morgan fingerprint density at radius 3 is 2.89 bits per heavy atom. The maximum absolute atomic E-state index is 12.1. The van der Waals surface area contributed by atoms with E-state index in [9.17, 15) is 13.2 Å². The molecule has 1 N–H and O–H groups in total. The predicted molar refractivity (Wildman–Crippen MR) is 68.2 cm³/mol. The summed E-state index contributed by atoms with van der Waals surface area (Å²) < 4.78 is 38.2. The molecule has 3 nitrogen and oxygen atoms in total. The average molecular weight is 293 g/mol. The van der Waals surface area contributed by atoms with Crippen LogP contribution in [0.25, 0.3) is 11.2 Å². The molecule has 8 heteroatoms. The molecule has 0 fully saturated rings. The fourth-order valence-corrected chi connectivity index (χ4v) is 2.42. The quantitative estimate of drug-likeness (QED) is 0.877. The van der Waals surface area contributed by atoms with Crippen LogP contribution in [-0.2, 0) is 6.54 Å². The highest BCUT2D eigenvalue weighted by atomic mass is 32.2. The minimum absolute atomic E-state index is 0.0555. The van der Waals surface area contributed by atoms with Crippen LogP contribution in [-0.4, -0.2) is 25.8 Å². The van der Waals surface area contributed by atoms with Gasteiger partial charge in [-0.3, -0.25) is 0 Å². The summed E-state index contributed by atoms with van der Waals surface area (Å²) in [4.78, 5) is 7.12. The lowest BCUT2D eigenvalue weighted by Crippen LogP contribution is -2.07. The van der Waals surface area contributed by atoms with E-state index in [0.29, 0.717) is 10.4 Å². The molecule has 98 valence electrons. The van der Waals surface area contributed by atoms with E-state index < -0.39 is 5.51 Å². The molecule has 0 aliphatic carbocycles. The van der Waals surface area contributed by atoms with Crippen molar-refractivity contribution in [1.82, 2.24) is 14.5 Å². The molecule has 18 heavy (non-hydrogen) atoms. The van der Waals surface area contributed by atoms with Crippen molar-refractivity contribution in [2.24, 2.45) is 0 Å². The van der Waals surface area contributed by atoms with Crippen molar-refractivity contribution >= 4 is 35.1 Å². The highest BCUT2D eigenvalue weighted by molar-refractivity contribution is 8.00. The lowest BCUT2D eigenvalue weighted by Gasteiger charge is -2.06. The number of pyridine rings is 1.